The smallest absolute Gasteiger partial charge is 0.399 e. The number of thiophene rings is 1. The zero-order valence-electron chi connectivity index (χ0n) is 16.5. The van der Waals surface area contributed by atoms with E-state index in [2.05, 4.69) is 26.6 Å². The molecule has 2 N–H and O–H groups in total. The molecule has 0 aliphatic carbocycles. The van der Waals surface area contributed by atoms with Crippen molar-refractivity contribution in [2.75, 3.05) is 18.4 Å². The Morgan fingerprint density at radius 2 is 1.87 bits per heavy atom. The SMILES string of the molecule is CC(C)(NC(=O)Oc1ccc(Cl)s1)C(=O)Nc1ccc(C(=O)N2CCCC2)c(Br)c1. The van der Waals surface area contributed by atoms with Gasteiger partial charge in [-0.15, -0.1) is 0 Å². The molecule has 1 fully saturated rings. The number of carbonyl (C=O) groups excluding carboxylic acids is 3. The van der Waals surface area contributed by atoms with E-state index in [1.54, 1.807) is 44.2 Å². The highest BCUT2D eigenvalue weighted by molar-refractivity contribution is 9.10. The van der Waals surface area contributed by atoms with Crippen LogP contribution in [0.2, 0.25) is 4.34 Å². The van der Waals surface area contributed by atoms with Crippen LogP contribution in [0.5, 0.6) is 5.06 Å². The highest BCUT2D eigenvalue weighted by Crippen LogP contribution is 2.28. The van der Waals surface area contributed by atoms with Crippen LogP contribution in [0.1, 0.15) is 37.0 Å². The van der Waals surface area contributed by atoms with Crippen molar-refractivity contribution >= 4 is 62.5 Å². The van der Waals surface area contributed by atoms with E-state index in [1.165, 1.54) is 0 Å². The maximum absolute atomic E-state index is 12.7. The molecule has 1 aliphatic rings. The largest absolute Gasteiger partial charge is 0.414 e. The van der Waals surface area contributed by atoms with Crippen molar-refractivity contribution in [3.8, 4) is 5.06 Å². The van der Waals surface area contributed by atoms with Crippen LogP contribution in [-0.4, -0.2) is 41.4 Å². The quantitative estimate of drug-likeness (QED) is 0.594. The third-order valence-electron chi connectivity index (χ3n) is 4.57. The van der Waals surface area contributed by atoms with Crippen LogP contribution < -0.4 is 15.4 Å². The first-order valence-corrected chi connectivity index (χ1v) is 11.3. The van der Waals surface area contributed by atoms with Gasteiger partial charge in [0.1, 0.15) is 5.54 Å². The highest BCUT2D eigenvalue weighted by atomic mass is 79.9. The van der Waals surface area contributed by atoms with Gasteiger partial charge in [0.25, 0.3) is 5.91 Å². The molecule has 1 aliphatic heterocycles. The van der Waals surface area contributed by atoms with Crippen LogP contribution in [0, 0.1) is 0 Å². The van der Waals surface area contributed by atoms with Gasteiger partial charge in [-0.2, -0.15) is 0 Å². The molecule has 1 saturated heterocycles. The third-order valence-corrected chi connectivity index (χ3v) is 6.34. The van der Waals surface area contributed by atoms with Crippen LogP contribution in [0.3, 0.4) is 0 Å². The molecule has 3 amide bonds. The van der Waals surface area contributed by atoms with Gasteiger partial charge in [-0.1, -0.05) is 22.9 Å². The van der Waals surface area contributed by atoms with E-state index >= 15 is 0 Å². The van der Waals surface area contributed by atoms with Gasteiger partial charge in [0.15, 0.2) is 5.06 Å². The molecule has 3 rings (SSSR count). The van der Waals surface area contributed by atoms with Crippen LogP contribution >= 0.6 is 38.9 Å². The van der Waals surface area contributed by atoms with E-state index in [0.29, 0.717) is 25.1 Å². The van der Waals surface area contributed by atoms with E-state index in [0.717, 1.165) is 37.3 Å². The van der Waals surface area contributed by atoms with E-state index in [9.17, 15) is 14.4 Å². The summed E-state index contributed by atoms with van der Waals surface area (Å²) in [6, 6.07) is 8.19. The zero-order chi connectivity index (χ0) is 21.9. The number of hydrogen-bond acceptors (Lipinski definition) is 5. The van der Waals surface area contributed by atoms with Crippen LogP contribution in [-0.2, 0) is 4.79 Å². The number of anilines is 1. The second-order valence-electron chi connectivity index (χ2n) is 7.35. The number of benzene rings is 1. The van der Waals surface area contributed by atoms with Gasteiger partial charge in [0, 0.05) is 23.2 Å². The molecule has 1 aromatic carbocycles. The number of halogens is 2. The summed E-state index contributed by atoms with van der Waals surface area (Å²) in [6.45, 7) is 4.64. The zero-order valence-corrected chi connectivity index (χ0v) is 19.6. The Morgan fingerprint density at radius 3 is 2.47 bits per heavy atom. The maximum Gasteiger partial charge on any atom is 0.414 e. The summed E-state index contributed by atoms with van der Waals surface area (Å²) in [6.07, 6.45) is 1.27. The molecule has 2 aromatic rings. The van der Waals surface area contributed by atoms with Crippen LogP contribution in [0.25, 0.3) is 0 Å². The predicted molar refractivity (Wildman–Crippen MR) is 120 cm³/mol. The monoisotopic (exact) mass is 513 g/mol. The summed E-state index contributed by atoms with van der Waals surface area (Å²) in [5.41, 5.74) is -0.196. The van der Waals surface area contributed by atoms with Crippen molar-refractivity contribution in [3.63, 3.8) is 0 Å². The van der Waals surface area contributed by atoms with E-state index in [1.807, 2.05) is 4.90 Å². The van der Waals surface area contributed by atoms with Gasteiger partial charge in [0.2, 0.25) is 5.91 Å². The van der Waals surface area contributed by atoms with Gasteiger partial charge in [-0.3, -0.25) is 9.59 Å². The summed E-state index contributed by atoms with van der Waals surface area (Å²) in [7, 11) is 0. The summed E-state index contributed by atoms with van der Waals surface area (Å²) in [5, 5.41) is 5.61. The van der Waals surface area contributed by atoms with Gasteiger partial charge in [-0.05, 0) is 73.0 Å². The highest BCUT2D eigenvalue weighted by Gasteiger charge is 2.31. The first-order valence-electron chi connectivity index (χ1n) is 9.31. The predicted octanol–water partition coefficient (Wildman–Crippen LogP) is 4.91. The number of ether oxygens (including phenoxy) is 1. The normalized spacial score (nSPS) is 13.8. The Bertz CT molecular complexity index is 973. The molecule has 0 atom stereocenters. The first kappa shape index (κ1) is 22.6. The maximum atomic E-state index is 12.7. The second kappa shape index (κ2) is 9.36. The third kappa shape index (κ3) is 5.53. The Kier molecular flexibility index (Phi) is 7.05. The lowest BCUT2D eigenvalue weighted by molar-refractivity contribution is -0.121. The minimum atomic E-state index is -1.24. The molecule has 2 heterocycles. The Balaban J connectivity index is 1.61. The molecule has 10 heteroatoms. The Labute approximate surface area is 191 Å². The van der Waals surface area contributed by atoms with Crippen molar-refractivity contribution in [1.82, 2.24) is 10.2 Å². The average molecular weight is 515 g/mol. The molecule has 0 radical (unpaired) electrons. The fourth-order valence-corrected chi connectivity index (χ4v) is 4.35. The molecular formula is C20H21BrClN3O4S. The lowest BCUT2D eigenvalue weighted by Crippen LogP contribution is -2.53. The molecule has 7 nitrogen and oxygen atoms in total. The molecule has 0 unspecified atom stereocenters. The molecule has 0 bridgehead atoms. The molecule has 160 valence electrons. The van der Waals surface area contributed by atoms with E-state index < -0.39 is 17.5 Å². The summed E-state index contributed by atoms with van der Waals surface area (Å²) in [5.74, 6) is -0.468. The summed E-state index contributed by atoms with van der Waals surface area (Å²) < 4.78 is 6.22. The standard InChI is InChI=1S/C20H21BrClN3O4S/c1-20(2,24-19(28)29-16-8-7-15(22)30-16)18(27)23-12-5-6-13(14(21)11-12)17(26)25-9-3-4-10-25/h5-8,11H,3-4,9-10H2,1-2H3,(H,23,27)(H,24,28). The number of hydrogen-bond donors (Lipinski definition) is 2. The number of nitrogens with one attached hydrogen (secondary N) is 2. The van der Waals surface area contributed by atoms with Gasteiger partial charge >= 0.3 is 6.09 Å². The van der Waals surface area contributed by atoms with Crippen molar-refractivity contribution in [2.24, 2.45) is 0 Å². The van der Waals surface area contributed by atoms with Crippen molar-refractivity contribution in [3.05, 3.63) is 44.7 Å². The number of amides is 3. The minimum Gasteiger partial charge on any atom is -0.399 e. The minimum absolute atomic E-state index is 0.0318. The van der Waals surface area contributed by atoms with Gasteiger partial charge in [-0.25, -0.2) is 4.79 Å². The Hall–Kier alpha value is -2.10. The van der Waals surface area contributed by atoms with E-state index in [4.69, 9.17) is 16.3 Å². The van der Waals surface area contributed by atoms with Crippen molar-refractivity contribution in [2.45, 2.75) is 32.2 Å². The topological polar surface area (TPSA) is 87.7 Å². The van der Waals surface area contributed by atoms with E-state index in [-0.39, 0.29) is 5.91 Å². The number of likely N-dealkylation sites (tertiary alicyclic amines) is 1. The first-order chi connectivity index (χ1) is 14.2. The number of carbonyl (C=O) groups is 3. The molecule has 0 saturated carbocycles. The van der Waals surface area contributed by atoms with Crippen molar-refractivity contribution in [1.29, 1.82) is 0 Å². The lowest BCUT2D eigenvalue weighted by atomic mass is 10.0. The summed E-state index contributed by atoms with van der Waals surface area (Å²) >= 11 is 10.3. The average Bonchev–Trinajstić information content (AvgIpc) is 3.32. The molecule has 30 heavy (non-hydrogen) atoms. The summed E-state index contributed by atoms with van der Waals surface area (Å²) in [4.78, 5) is 39.2. The second-order valence-corrected chi connectivity index (χ2v) is 9.88. The number of rotatable bonds is 5. The van der Waals surface area contributed by atoms with Gasteiger partial charge in [0.05, 0.1) is 9.90 Å². The number of nitrogens with zero attached hydrogens (tertiary/aromatic N) is 1. The van der Waals surface area contributed by atoms with Crippen LogP contribution in [0.4, 0.5) is 10.5 Å². The molecule has 1 aromatic heterocycles. The van der Waals surface area contributed by atoms with Gasteiger partial charge < -0.3 is 20.3 Å². The Morgan fingerprint density at radius 1 is 1.17 bits per heavy atom. The fourth-order valence-electron chi connectivity index (χ4n) is 2.93. The molecular weight excluding hydrogens is 494 g/mol. The van der Waals surface area contributed by atoms with Crippen molar-refractivity contribution < 1.29 is 19.1 Å². The lowest BCUT2D eigenvalue weighted by Gasteiger charge is -2.24. The molecule has 0 spiro atoms. The fraction of sp³-hybridized carbons (Fsp3) is 0.350. The van der Waals surface area contributed by atoms with Crippen LogP contribution in [0.15, 0.2) is 34.8 Å².